The van der Waals surface area contributed by atoms with Gasteiger partial charge in [-0.25, -0.2) is 4.98 Å². The van der Waals surface area contributed by atoms with E-state index < -0.39 is 0 Å². The van der Waals surface area contributed by atoms with Crippen LogP contribution in [-0.4, -0.2) is 26.9 Å². The minimum absolute atomic E-state index is 0.281. The standard InChI is InChI=1S/C15H25N3O/c1-11(2)7-13-8-15(19)17(9-13)10-14-16-5-6-18(14)12(3)4/h5-6,11-13H,7-10H2,1-4H3/t13-/m0/s1. The number of carbonyl (C=O) groups is 1. The van der Waals surface area contributed by atoms with Crippen LogP contribution in [0.3, 0.4) is 0 Å². The normalized spacial score (nSPS) is 20.0. The third-order valence-corrected chi connectivity index (χ3v) is 3.74. The quantitative estimate of drug-likeness (QED) is 0.819. The van der Waals surface area contributed by atoms with Crippen molar-refractivity contribution in [1.82, 2.24) is 14.5 Å². The van der Waals surface area contributed by atoms with Crippen LogP contribution < -0.4 is 0 Å². The van der Waals surface area contributed by atoms with E-state index in [-0.39, 0.29) is 5.91 Å². The van der Waals surface area contributed by atoms with Gasteiger partial charge in [-0.2, -0.15) is 0 Å². The third kappa shape index (κ3) is 3.37. The number of carbonyl (C=O) groups excluding carboxylic acids is 1. The fourth-order valence-corrected chi connectivity index (χ4v) is 2.94. The van der Waals surface area contributed by atoms with Gasteiger partial charge in [0.15, 0.2) is 0 Å². The summed E-state index contributed by atoms with van der Waals surface area (Å²) in [6, 6.07) is 0.390. The van der Waals surface area contributed by atoms with Gasteiger partial charge in [0.25, 0.3) is 0 Å². The Kier molecular flexibility index (Phi) is 4.27. The molecule has 1 aliphatic rings. The highest BCUT2D eigenvalue weighted by atomic mass is 16.2. The molecule has 1 aromatic heterocycles. The zero-order chi connectivity index (χ0) is 14.0. The molecule has 1 aromatic rings. The van der Waals surface area contributed by atoms with Crippen molar-refractivity contribution >= 4 is 5.91 Å². The van der Waals surface area contributed by atoms with Crippen LogP contribution in [0, 0.1) is 11.8 Å². The zero-order valence-electron chi connectivity index (χ0n) is 12.5. The van der Waals surface area contributed by atoms with E-state index in [4.69, 9.17) is 0 Å². The van der Waals surface area contributed by atoms with Crippen molar-refractivity contribution in [2.45, 2.75) is 53.1 Å². The number of imidazole rings is 1. The number of rotatable bonds is 5. The van der Waals surface area contributed by atoms with E-state index >= 15 is 0 Å². The second-order valence-electron chi connectivity index (χ2n) is 6.32. The minimum atomic E-state index is 0.281. The second kappa shape index (κ2) is 5.76. The van der Waals surface area contributed by atoms with Crippen LogP contribution >= 0.6 is 0 Å². The molecule has 106 valence electrons. The van der Waals surface area contributed by atoms with E-state index in [1.54, 1.807) is 0 Å². The summed E-state index contributed by atoms with van der Waals surface area (Å²) in [7, 11) is 0. The first-order chi connectivity index (χ1) is 8.97. The van der Waals surface area contributed by atoms with Gasteiger partial charge in [0.05, 0.1) is 6.54 Å². The van der Waals surface area contributed by atoms with Gasteiger partial charge >= 0.3 is 0 Å². The maximum Gasteiger partial charge on any atom is 0.223 e. The molecule has 0 spiro atoms. The summed E-state index contributed by atoms with van der Waals surface area (Å²) in [6.07, 6.45) is 5.66. The van der Waals surface area contributed by atoms with E-state index in [2.05, 4.69) is 37.2 Å². The fourth-order valence-electron chi connectivity index (χ4n) is 2.94. The predicted molar refractivity (Wildman–Crippen MR) is 75.6 cm³/mol. The van der Waals surface area contributed by atoms with E-state index in [1.165, 1.54) is 0 Å². The summed E-state index contributed by atoms with van der Waals surface area (Å²) in [4.78, 5) is 18.4. The first kappa shape index (κ1) is 14.1. The Balaban J connectivity index is 1.99. The number of aromatic nitrogens is 2. The minimum Gasteiger partial charge on any atom is -0.335 e. The average molecular weight is 263 g/mol. The van der Waals surface area contributed by atoms with Crippen LogP contribution in [0.25, 0.3) is 0 Å². The Morgan fingerprint density at radius 2 is 2.11 bits per heavy atom. The van der Waals surface area contributed by atoms with Crippen molar-refractivity contribution in [3.8, 4) is 0 Å². The maximum absolute atomic E-state index is 12.1. The molecule has 1 atom stereocenters. The molecular weight excluding hydrogens is 238 g/mol. The zero-order valence-corrected chi connectivity index (χ0v) is 12.5. The van der Waals surface area contributed by atoms with Gasteiger partial charge in [-0.05, 0) is 32.1 Å². The average Bonchev–Trinajstić information content (AvgIpc) is 2.86. The molecule has 0 aromatic carbocycles. The molecule has 1 aliphatic heterocycles. The largest absolute Gasteiger partial charge is 0.335 e. The second-order valence-corrected chi connectivity index (χ2v) is 6.32. The molecule has 2 rings (SSSR count). The topological polar surface area (TPSA) is 38.1 Å². The number of hydrogen-bond acceptors (Lipinski definition) is 2. The van der Waals surface area contributed by atoms with Crippen LogP contribution in [0.15, 0.2) is 12.4 Å². The molecule has 2 heterocycles. The molecule has 19 heavy (non-hydrogen) atoms. The summed E-state index contributed by atoms with van der Waals surface area (Å²) in [5.41, 5.74) is 0. The Morgan fingerprint density at radius 1 is 1.37 bits per heavy atom. The van der Waals surface area contributed by atoms with Gasteiger partial charge in [0.1, 0.15) is 5.82 Å². The Bertz CT molecular complexity index is 436. The molecule has 1 fully saturated rings. The molecule has 1 saturated heterocycles. The molecule has 1 amide bonds. The maximum atomic E-state index is 12.1. The Morgan fingerprint density at radius 3 is 2.74 bits per heavy atom. The smallest absolute Gasteiger partial charge is 0.223 e. The van der Waals surface area contributed by atoms with E-state index in [0.29, 0.717) is 30.8 Å². The molecule has 0 N–H and O–H groups in total. The van der Waals surface area contributed by atoms with Crippen molar-refractivity contribution in [2.24, 2.45) is 11.8 Å². The number of amides is 1. The lowest BCUT2D eigenvalue weighted by Gasteiger charge is -2.19. The monoisotopic (exact) mass is 263 g/mol. The summed E-state index contributed by atoms with van der Waals surface area (Å²) in [5.74, 6) is 2.46. The van der Waals surface area contributed by atoms with Crippen LogP contribution in [0.4, 0.5) is 0 Å². The highest BCUT2D eigenvalue weighted by molar-refractivity contribution is 5.78. The molecule has 0 saturated carbocycles. The van der Waals surface area contributed by atoms with Gasteiger partial charge in [-0.15, -0.1) is 0 Å². The van der Waals surface area contributed by atoms with E-state index in [9.17, 15) is 4.79 Å². The molecule has 4 heteroatoms. The molecule has 0 bridgehead atoms. The van der Waals surface area contributed by atoms with Crippen LogP contribution in [-0.2, 0) is 11.3 Å². The molecule has 0 unspecified atom stereocenters. The lowest BCUT2D eigenvalue weighted by molar-refractivity contribution is -0.128. The lowest BCUT2D eigenvalue weighted by Crippen LogP contribution is -2.26. The molecule has 0 aliphatic carbocycles. The van der Waals surface area contributed by atoms with Gasteiger partial charge in [-0.1, -0.05) is 13.8 Å². The van der Waals surface area contributed by atoms with Crippen molar-refractivity contribution in [3.63, 3.8) is 0 Å². The third-order valence-electron chi connectivity index (χ3n) is 3.74. The van der Waals surface area contributed by atoms with E-state index in [1.807, 2.05) is 17.3 Å². The highest BCUT2D eigenvalue weighted by Crippen LogP contribution is 2.25. The van der Waals surface area contributed by atoms with E-state index in [0.717, 1.165) is 18.8 Å². The predicted octanol–water partition coefficient (Wildman–Crippen LogP) is 2.86. The van der Waals surface area contributed by atoms with Crippen molar-refractivity contribution < 1.29 is 4.79 Å². The van der Waals surface area contributed by atoms with Gasteiger partial charge in [-0.3, -0.25) is 4.79 Å². The summed E-state index contributed by atoms with van der Waals surface area (Å²) < 4.78 is 2.14. The Hall–Kier alpha value is -1.32. The van der Waals surface area contributed by atoms with Gasteiger partial charge in [0.2, 0.25) is 5.91 Å². The first-order valence-corrected chi connectivity index (χ1v) is 7.26. The first-order valence-electron chi connectivity index (χ1n) is 7.26. The number of hydrogen-bond donors (Lipinski definition) is 0. The molecule has 0 radical (unpaired) electrons. The van der Waals surface area contributed by atoms with Crippen LogP contribution in [0.5, 0.6) is 0 Å². The summed E-state index contributed by atoms with van der Waals surface area (Å²) in [5, 5.41) is 0. The number of likely N-dealkylation sites (tertiary alicyclic amines) is 1. The molecule has 4 nitrogen and oxygen atoms in total. The summed E-state index contributed by atoms with van der Waals surface area (Å²) >= 11 is 0. The van der Waals surface area contributed by atoms with Gasteiger partial charge in [0, 0.05) is 31.4 Å². The van der Waals surface area contributed by atoms with Crippen LogP contribution in [0.2, 0.25) is 0 Å². The van der Waals surface area contributed by atoms with Gasteiger partial charge < -0.3 is 9.47 Å². The number of nitrogens with zero attached hydrogens (tertiary/aromatic N) is 3. The van der Waals surface area contributed by atoms with Crippen molar-refractivity contribution in [2.75, 3.05) is 6.54 Å². The fraction of sp³-hybridized carbons (Fsp3) is 0.733. The summed E-state index contributed by atoms with van der Waals surface area (Å²) in [6.45, 7) is 10.3. The van der Waals surface area contributed by atoms with Crippen LogP contribution in [0.1, 0.15) is 52.4 Å². The van der Waals surface area contributed by atoms with Crippen molar-refractivity contribution in [1.29, 1.82) is 0 Å². The SMILES string of the molecule is CC(C)C[C@H]1CC(=O)N(Cc2nccn2C(C)C)C1. The highest BCUT2D eigenvalue weighted by Gasteiger charge is 2.30. The molecular formula is C15H25N3O. The Labute approximate surface area is 115 Å². The van der Waals surface area contributed by atoms with Crippen molar-refractivity contribution in [3.05, 3.63) is 18.2 Å². The lowest BCUT2D eigenvalue weighted by atomic mass is 9.96.